The molecule has 2 rings (SSSR count). The van der Waals surface area contributed by atoms with Gasteiger partial charge in [0, 0.05) is 12.6 Å². The van der Waals surface area contributed by atoms with Crippen LogP contribution in [0.5, 0.6) is 11.5 Å². The zero-order chi connectivity index (χ0) is 15.9. The third-order valence-electron chi connectivity index (χ3n) is 4.03. The van der Waals surface area contributed by atoms with E-state index in [2.05, 4.69) is 12.2 Å². The van der Waals surface area contributed by atoms with Crippen LogP contribution in [0.25, 0.3) is 0 Å². The molecule has 4 nitrogen and oxygen atoms in total. The van der Waals surface area contributed by atoms with Gasteiger partial charge in [0.25, 0.3) is 0 Å². The van der Waals surface area contributed by atoms with Gasteiger partial charge in [0.1, 0.15) is 0 Å². The van der Waals surface area contributed by atoms with Crippen molar-refractivity contribution in [3.05, 3.63) is 22.7 Å². The van der Waals surface area contributed by atoms with E-state index in [9.17, 15) is 5.11 Å². The molecule has 0 aromatic heterocycles. The van der Waals surface area contributed by atoms with Gasteiger partial charge in [-0.2, -0.15) is 0 Å². The topological polar surface area (TPSA) is 50.7 Å². The van der Waals surface area contributed by atoms with Crippen molar-refractivity contribution in [1.82, 2.24) is 5.32 Å². The Bertz CT molecular complexity index is 473. The summed E-state index contributed by atoms with van der Waals surface area (Å²) in [4.78, 5) is 0. The van der Waals surface area contributed by atoms with Gasteiger partial charge in [0.05, 0.1) is 24.8 Å². The molecule has 0 radical (unpaired) electrons. The number of nitrogens with one attached hydrogen (secondary N) is 1. The van der Waals surface area contributed by atoms with Crippen LogP contribution in [0.15, 0.2) is 12.1 Å². The lowest BCUT2D eigenvalue weighted by atomic mass is 9.93. The van der Waals surface area contributed by atoms with Crippen LogP contribution in [-0.2, 0) is 6.54 Å². The number of ether oxygens (including phenoxy) is 2. The quantitative estimate of drug-likeness (QED) is 0.804. The Labute approximate surface area is 137 Å². The second-order valence-electron chi connectivity index (χ2n) is 5.84. The molecular formula is C17H26ClNO3. The van der Waals surface area contributed by atoms with E-state index in [4.69, 9.17) is 21.1 Å². The zero-order valence-electron chi connectivity index (χ0n) is 13.4. The van der Waals surface area contributed by atoms with Crippen LogP contribution in [-0.4, -0.2) is 31.0 Å². The van der Waals surface area contributed by atoms with Crippen molar-refractivity contribution in [2.24, 2.45) is 0 Å². The van der Waals surface area contributed by atoms with Crippen molar-refractivity contribution >= 4 is 11.6 Å². The predicted octanol–water partition coefficient (Wildman–Crippen LogP) is 3.53. The summed E-state index contributed by atoms with van der Waals surface area (Å²) in [6.45, 7) is 3.42. The Morgan fingerprint density at radius 2 is 2.00 bits per heavy atom. The lowest BCUT2D eigenvalue weighted by Gasteiger charge is -2.26. The molecule has 0 atom stereocenters. The van der Waals surface area contributed by atoms with Crippen molar-refractivity contribution < 1.29 is 14.6 Å². The summed E-state index contributed by atoms with van der Waals surface area (Å²) in [5, 5.41) is 13.7. The Morgan fingerprint density at radius 1 is 1.27 bits per heavy atom. The summed E-state index contributed by atoms with van der Waals surface area (Å²) in [6, 6.07) is 4.37. The van der Waals surface area contributed by atoms with Gasteiger partial charge < -0.3 is 19.9 Å². The molecule has 0 spiro atoms. The summed E-state index contributed by atoms with van der Waals surface area (Å²) in [6.07, 6.45) is 4.60. The maximum absolute atomic E-state index is 9.54. The van der Waals surface area contributed by atoms with E-state index in [1.165, 1.54) is 0 Å². The highest BCUT2D eigenvalue weighted by molar-refractivity contribution is 6.32. The number of halogens is 1. The SMILES string of the molecule is CCCOc1c(Cl)cc(CNC2CCC(O)CC2)cc1OC. The van der Waals surface area contributed by atoms with Crippen LogP contribution in [0.2, 0.25) is 5.02 Å². The fraction of sp³-hybridized carbons (Fsp3) is 0.647. The molecule has 1 saturated carbocycles. The standard InChI is InChI=1S/C17H26ClNO3/c1-3-8-22-17-15(18)9-12(10-16(17)21-2)11-19-13-4-6-14(20)7-5-13/h9-10,13-14,19-20H,3-8,11H2,1-2H3. The second kappa shape index (κ2) is 8.61. The van der Waals surface area contributed by atoms with Gasteiger partial charge in [-0.25, -0.2) is 0 Å². The molecule has 5 heteroatoms. The normalized spacial score (nSPS) is 21.6. The van der Waals surface area contributed by atoms with Gasteiger partial charge >= 0.3 is 0 Å². The highest BCUT2D eigenvalue weighted by atomic mass is 35.5. The van der Waals surface area contributed by atoms with E-state index in [1.807, 2.05) is 12.1 Å². The minimum Gasteiger partial charge on any atom is -0.493 e. The van der Waals surface area contributed by atoms with Crippen molar-refractivity contribution in [3.63, 3.8) is 0 Å². The Morgan fingerprint density at radius 3 is 2.64 bits per heavy atom. The summed E-state index contributed by atoms with van der Waals surface area (Å²) in [7, 11) is 1.63. The molecule has 1 aromatic rings. The smallest absolute Gasteiger partial charge is 0.179 e. The molecule has 0 unspecified atom stereocenters. The molecule has 0 amide bonds. The Kier molecular flexibility index (Phi) is 6.80. The zero-order valence-corrected chi connectivity index (χ0v) is 14.2. The van der Waals surface area contributed by atoms with Gasteiger partial charge in [0.2, 0.25) is 0 Å². The molecule has 22 heavy (non-hydrogen) atoms. The molecule has 0 bridgehead atoms. The van der Waals surface area contributed by atoms with Crippen LogP contribution in [0, 0.1) is 0 Å². The number of hydrogen-bond donors (Lipinski definition) is 2. The van der Waals surface area contributed by atoms with Crippen molar-refractivity contribution in [1.29, 1.82) is 0 Å². The van der Waals surface area contributed by atoms with Gasteiger partial charge in [-0.3, -0.25) is 0 Å². The van der Waals surface area contributed by atoms with Crippen molar-refractivity contribution in [3.8, 4) is 11.5 Å². The monoisotopic (exact) mass is 327 g/mol. The minimum atomic E-state index is -0.123. The molecule has 0 heterocycles. The summed E-state index contributed by atoms with van der Waals surface area (Å²) in [5.41, 5.74) is 1.08. The van der Waals surface area contributed by atoms with Crippen molar-refractivity contribution in [2.45, 2.75) is 57.7 Å². The van der Waals surface area contributed by atoms with E-state index in [-0.39, 0.29) is 6.10 Å². The number of aliphatic hydroxyl groups excluding tert-OH is 1. The first kappa shape index (κ1) is 17.4. The van der Waals surface area contributed by atoms with Gasteiger partial charge in [-0.05, 0) is 49.8 Å². The van der Waals surface area contributed by atoms with Gasteiger partial charge in [-0.1, -0.05) is 18.5 Å². The average Bonchev–Trinajstić information content (AvgIpc) is 2.53. The maximum Gasteiger partial charge on any atom is 0.179 e. The minimum absolute atomic E-state index is 0.123. The number of hydrogen-bond acceptors (Lipinski definition) is 4. The molecule has 1 aliphatic rings. The molecule has 1 aromatic carbocycles. The first-order chi connectivity index (χ1) is 10.6. The Balaban J connectivity index is 1.97. The molecule has 124 valence electrons. The third kappa shape index (κ3) is 4.77. The largest absolute Gasteiger partial charge is 0.493 e. The summed E-state index contributed by atoms with van der Waals surface area (Å²) >= 11 is 6.32. The lowest BCUT2D eigenvalue weighted by molar-refractivity contribution is 0.116. The van der Waals surface area contributed by atoms with Crippen LogP contribution < -0.4 is 14.8 Å². The highest BCUT2D eigenvalue weighted by Crippen LogP contribution is 2.36. The average molecular weight is 328 g/mol. The van der Waals surface area contributed by atoms with E-state index >= 15 is 0 Å². The summed E-state index contributed by atoms with van der Waals surface area (Å²) in [5.74, 6) is 1.30. The first-order valence-electron chi connectivity index (χ1n) is 8.04. The van der Waals surface area contributed by atoms with E-state index in [0.29, 0.717) is 29.2 Å². The highest BCUT2D eigenvalue weighted by Gasteiger charge is 2.19. The van der Waals surface area contributed by atoms with E-state index in [1.54, 1.807) is 7.11 Å². The maximum atomic E-state index is 9.54. The Hall–Kier alpha value is -0.970. The van der Waals surface area contributed by atoms with Crippen LogP contribution in [0.4, 0.5) is 0 Å². The van der Waals surface area contributed by atoms with Crippen molar-refractivity contribution in [2.75, 3.05) is 13.7 Å². The third-order valence-corrected chi connectivity index (χ3v) is 4.31. The molecule has 1 fully saturated rings. The van der Waals surface area contributed by atoms with E-state index in [0.717, 1.165) is 44.2 Å². The molecular weight excluding hydrogens is 302 g/mol. The molecule has 2 N–H and O–H groups in total. The molecule has 0 aliphatic heterocycles. The lowest BCUT2D eigenvalue weighted by Crippen LogP contribution is -2.34. The molecule has 0 saturated heterocycles. The summed E-state index contributed by atoms with van der Waals surface area (Å²) < 4.78 is 11.1. The van der Waals surface area contributed by atoms with E-state index < -0.39 is 0 Å². The van der Waals surface area contributed by atoms with Crippen LogP contribution in [0.1, 0.15) is 44.6 Å². The number of methoxy groups -OCH3 is 1. The van der Waals surface area contributed by atoms with Crippen LogP contribution >= 0.6 is 11.6 Å². The molecule has 1 aliphatic carbocycles. The first-order valence-corrected chi connectivity index (χ1v) is 8.42. The van der Waals surface area contributed by atoms with Gasteiger partial charge in [0.15, 0.2) is 11.5 Å². The second-order valence-corrected chi connectivity index (χ2v) is 6.25. The van der Waals surface area contributed by atoms with Crippen LogP contribution in [0.3, 0.4) is 0 Å². The number of aliphatic hydroxyl groups is 1. The fourth-order valence-corrected chi connectivity index (χ4v) is 3.05. The number of rotatable bonds is 7. The number of benzene rings is 1. The fourth-order valence-electron chi connectivity index (χ4n) is 2.76. The predicted molar refractivity (Wildman–Crippen MR) is 88.9 cm³/mol. The van der Waals surface area contributed by atoms with Gasteiger partial charge in [-0.15, -0.1) is 0 Å².